The number of amides is 2. The van der Waals surface area contributed by atoms with Gasteiger partial charge < -0.3 is 15.4 Å². The van der Waals surface area contributed by atoms with Crippen molar-refractivity contribution in [3.05, 3.63) is 58.6 Å². The van der Waals surface area contributed by atoms with Crippen molar-refractivity contribution in [3.63, 3.8) is 0 Å². The molecule has 0 unspecified atom stereocenters. The summed E-state index contributed by atoms with van der Waals surface area (Å²) in [5.74, 6) is 0.335. The van der Waals surface area contributed by atoms with E-state index in [1.54, 1.807) is 24.3 Å². The molecule has 0 aliphatic carbocycles. The Morgan fingerprint density at radius 3 is 2.96 bits per heavy atom. The first-order chi connectivity index (χ1) is 11.1. The Morgan fingerprint density at radius 2 is 2.13 bits per heavy atom. The average Bonchev–Trinajstić information content (AvgIpc) is 2.54. The number of carbonyl (C=O) groups excluding carboxylic acids is 2. The molecule has 5 nitrogen and oxygen atoms in total. The van der Waals surface area contributed by atoms with Crippen molar-refractivity contribution >= 4 is 29.1 Å². The molecule has 0 aromatic heterocycles. The van der Waals surface area contributed by atoms with Crippen LogP contribution < -0.4 is 15.4 Å². The highest BCUT2D eigenvalue weighted by molar-refractivity contribution is 6.30. The standard InChI is InChI=1S/C17H15ClN2O3/c18-13-3-1-2-12(9-13)17(22)19-7-6-11-4-5-15-14(8-11)20-16(21)10-23-15/h1-5,8-9H,6-7,10H2,(H,19,22)(H,20,21). The monoisotopic (exact) mass is 330 g/mol. The van der Waals surface area contributed by atoms with Crippen LogP contribution in [0.2, 0.25) is 5.02 Å². The van der Waals surface area contributed by atoms with Crippen LogP contribution in [-0.4, -0.2) is 25.0 Å². The van der Waals surface area contributed by atoms with Gasteiger partial charge >= 0.3 is 0 Å². The van der Waals surface area contributed by atoms with Gasteiger partial charge in [-0.15, -0.1) is 0 Å². The molecule has 0 spiro atoms. The highest BCUT2D eigenvalue weighted by Crippen LogP contribution is 2.28. The molecular weight excluding hydrogens is 316 g/mol. The van der Waals surface area contributed by atoms with E-state index in [2.05, 4.69) is 10.6 Å². The molecule has 0 saturated heterocycles. The molecule has 1 aliphatic rings. The molecule has 2 N–H and O–H groups in total. The van der Waals surface area contributed by atoms with Gasteiger partial charge in [-0.25, -0.2) is 0 Å². The van der Waals surface area contributed by atoms with Crippen LogP contribution in [0.1, 0.15) is 15.9 Å². The van der Waals surface area contributed by atoms with Crippen LogP contribution in [0.4, 0.5) is 5.69 Å². The summed E-state index contributed by atoms with van der Waals surface area (Å²) < 4.78 is 5.31. The van der Waals surface area contributed by atoms with E-state index in [9.17, 15) is 9.59 Å². The van der Waals surface area contributed by atoms with Crippen molar-refractivity contribution in [2.24, 2.45) is 0 Å². The second-order valence-electron chi connectivity index (χ2n) is 5.18. The smallest absolute Gasteiger partial charge is 0.262 e. The van der Waals surface area contributed by atoms with Crippen molar-refractivity contribution in [1.29, 1.82) is 0 Å². The zero-order chi connectivity index (χ0) is 16.2. The summed E-state index contributed by atoms with van der Waals surface area (Å²) in [7, 11) is 0. The minimum atomic E-state index is -0.165. The first-order valence-electron chi connectivity index (χ1n) is 7.21. The predicted octanol–water partition coefficient (Wildman–Crippen LogP) is 2.64. The fourth-order valence-corrected chi connectivity index (χ4v) is 2.53. The van der Waals surface area contributed by atoms with Crippen molar-refractivity contribution in [2.75, 3.05) is 18.5 Å². The lowest BCUT2D eigenvalue weighted by molar-refractivity contribution is -0.118. The lowest BCUT2D eigenvalue weighted by Crippen LogP contribution is -2.26. The molecule has 0 radical (unpaired) electrons. The maximum absolute atomic E-state index is 12.0. The molecule has 1 heterocycles. The molecule has 1 aliphatic heterocycles. The van der Waals surface area contributed by atoms with E-state index >= 15 is 0 Å². The predicted molar refractivity (Wildman–Crippen MR) is 88.1 cm³/mol. The van der Waals surface area contributed by atoms with Gasteiger partial charge in [0, 0.05) is 17.1 Å². The highest BCUT2D eigenvalue weighted by atomic mass is 35.5. The van der Waals surface area contributed by atoms with Gasteiger partial charge in [0.1, 0.15) is 5.75 Å². The SMILES string of the molecule is O=C1COc2ccc(CCNC(=O)c3cccc(Cl)c3)cc2N1. The van der Waals surface area contributed by atoms with Crippen molar-refractivity contribution in [2.45, 2.75) is 6.42 Å². The molecule has 23 heavy (non-hydrogen) atoms. The van der Waals surface area contributed by atoms with Gasteiger partial charge in [-0.05, 0) is 42.3 Å². The van der Waals surface area contributed by atoms with E-state index in [0.717, 1.165) is 5.56 Å². The molecular formula is C17H15ClN2O3. The number of hydrogen-bond donors (Lipinski definition) is 2. The Hall–Kier alpha value is -2.53. The van der Waals surface area contributed by atoms with Crippen LogP contribution in [-0.2, 0) is 11.2 Å². The molecule has 3 rings (SSSR count). The van der Waals surface area contributed by atoms with Gasteiger partial charge in [-0.1, -0.05) is 23.7 Å². The van der Waals surface area contributed by atoms with Crippen LogP contribution in [0.3, 0.4) is 0 Å². The third kappa shape index (κ3) is 3.81. The Labute approximate surface area is 138 Å². The van der Waals surface area contributed by atoms with Gasteiger partial charge in [0.2, 0.25) is 0 Å². The first kappa shape index (κ1) is 15.4. The van der Waals surface area contributed by atoms with Crippen molar-refractivity contribution in [1.82, 2.24) is 5.32 Å². The Balaban J connectivity index is 1.57. The number of anilines is 1. The maximum Gasteiger partial charge on any atom is 0.262 e. The number of fused-ring (bicyclic) bond motifs is 1. The number of halogens is 1. The minimum absolute atomic E-state index is 0.0437. The summed E-state index contributed by atoms with van der Waals surface area (Å²) >= 11 is 5.87. The highest BCUT2D eigenvalue weighted by Gasteiger charge is 2.15. The fourth-order valence-electron chi connectivity index (χ4n) is 2.34. The fraction of sp³-hybridized carbons (Fsp3) is 0.176. The zero-order valence-corrected chi connectivity index (χ0v) is 13.0. The Morgan fingerprint density at radius 1 is 1.26 bits per heavy atom. The summed E-state index contributed by atoms with van der Waals surface area (Å²) in [5.41, 5.74) is 2.20. The topological polar surface area (TPSA) is 67.4 Å². The lowest BCUT2D eigenvalue weighted by atomic mass is 10.1. The van der Waals surface area contributed by atoms with Gasteiger partial charge in [-0.2, -0.15) is 0 Å². The number of rotatable bonds is 4. The number of carbonyl (C=O) groups is 2. The first-order valence-corrected chi connectivity index (χ1v) is 7.59. The van der Waals surface area contributed by atoms with Crippen LogP contribution in [0.25, 0.3) is 0 Å². The van der Waals surface area contributed by atoms with E-state index in [-0.39, 0.29) is 18.4 Å². The van der Waals surface area contributed by atoms with Crippen molar-refractivity contribution < 1.29 is 14.3 Å². The molecule has 2 aromatic carbocycles. The Bertz CT molecular complexity index is 761. The summed E-state index contributed by atoms with van der Waals surface area (Å²) in [6, 6.07) is 12.4. The molecule has 2 amide bonds. The van der Waals surface area contributed by atoms with Gasteiger partial charge in [0.25, 0.3) is 11.8 Å². The summed E-state index contributed by atoms with van der Waals surface area (Å²) in [6.45, 7) is 0.529. The minimum Gasteiger partial charge on any atom is -0.482 e. The van der Waals surface area contributed by atoms with Crippen LogP contribution >= 0.6 is 11.6 Å². The number of benzene rings is 2. The molecule has 0 atom stereocenters. The molecule has 0 bridgehead atoms. The van der Waals surface area contributed by atoms with E-state index in [1.807, 2.05) is 18.2 Å². The van der Waals surface area contributed by atoms with E-state index in [0.29, 0.717) is 35.0 Å². The molecule has 0 fully saturated rings. The molecule has 6 heteroatoms. The van der Waals surface area contributed by atoms with Gasteiger partial charge in [0.15, 0.2) is 6.61 Å². The molecule has 0 saturated carbocycles. The van der Waals surface area contributed by atoms with Crippen LogP contribution in [0, 0.1) is 0 Å². The van der Waals surface area contributed by atoms with Crippen molar-refractivity contribution in [3.8, 4) is 5.75 Å². The zero-order valence-electron chi connectivity index (χ0n) is 12.3. The van der Waals surface area contributed by atoms with Crippen LogP contribution in [0.5, 0.6) is 5.75 Å². The average molecular weight is 331 g/mol. The maximum atomic E-state index is 12.0. The summed E-state index contributed by atoms with van der Waals surface area (Å²) in [5, 5.41) is 6.14. The Kier molecular flexibility index (Phi) is 4.48. The molecule has 118 valence electrons. The van der Waals surface area contributed by atoms with Gasteiger partial charge in [-0.3, -0.25) is 9.59 Å². The third-order valence-electron chi connectivity index (χ3n) is 3.46. The van der Waals surface area contributed by atoms with E-state index < -0.39 is 0 Å². The van der Waals surface area contributed by atoms with Gasteiger partial charge in [0.05, 0.1) is 5.69 Å². The molecule has 2 aromatic rings. The number of hydrogen-bond acceptors (Lipinski definition) is 3. The summed E-state index contributed by atoms with van der Waals surface area (Å²) in [6.07, 6.45) is 0.648. The quantitative estimate of drug-likeness (QED) is 0.905. The lowest BCUT2D eigenvalue weighted by Gasteiger charge is -2.18. The van der Waals surface area contributed by atoms with E-state index in [4.69, 9.17) is 16.3 Å². The second kappa shape index (κ2) is 6.71. The van der Waals surface area contributed by atoms with Crippen LogP contribution in [0.15, 0.2) is 42.5 Å². The number of ether oxygens (including phenoxy) is 1. The largest absolute Gasteiger partial charge is 0.482 e. The summed E-state index contributed by atoms with van der Waals surface area (Å²) in [4.78, 5) is 23.3. The second-order valence-corrected chi connectivity index (χ2v) is 5.62. The van der Waals surface area contributed by atoms with E-state index in [1.165, 1.54) is 0 Å². The number of nitrogens with one attached hydrogen (secondary N) is 2. The normalized spacial score (nSPS) is 12.8. The third-order valence-corrected chi connectivity index (χ3v) is 3.70.